The maximum absolute atomic E-state index is 12.1. The van der Waals surface area contributed by atoms with Crippen molar-refractivity contribution in [2.75, 3.05) is 12.4 Å². The lowest BCUT2D eigenvalue weighted by Gasteiger charge is -2.02. The van der Waals surface area contributed by atoms with Crippen LogP contribution in [0, 0.1) is 0 Å². The van der Waals surface area contributed by atoms with Crippen molar-refractivity contribution in [2.45, 2.75) is 6.54 Å². The monoisotopic (exact) mass is 360 g/mol. The van der Waals surface area contributed by atoms with E-state index in [4.69, 9.17) is 16.0 Å². The lowest BCUT2D eigenvalue weighted by atomic mass is 10.3. The molecule has 3 rings (SSSR count). The number of methoxy groups -OCH3 is 1. The number of carbonyl (C=O) groups excluding carboxylic acids is 2. The van der Waals surface area contributed by atoms with Gasteiger partial charge in [0.25, 0.3) is 5.91 Å². The van der Waals surface area contributed by atoms with Gasteiger partial charge in [-0.3, -0.25) is 9.48 Å². The van der Waals surface area contributed by atoms with Crippen molar-refractivity contribution in [2.24, 2.45) is 0 Å². The molecule has 0 unspecified atom stereocenters. The van der Waals surface area contributed by atoms with Gasteiger partial charge in [0.05, 0.1) is 25.5 Å². The summed E-state index contributed by atoms with van der Waals surface area (Å²) in [5, 5.41) is 7.04. The average Bonchev–Trinajstić information content (AvgIpc) is 3.24. The molecule has 128 valence electrons. The summed E-state index contributed by atoms with van der Waals surface area (Å²) in [6, 6.07) is 7.97. The van der Waals surface area contributed by atoms with E-state index in [0.29, 0.717) is 18.0 Å². The summed E-state index contributed by atoms with van der Waals surface area (Å²) in [5.74, 6) is -0.301. The second-order valence-electron chi connectivity index (χ2n) is 4.98. The number of anilines is 1. The molecule has 0 spiro atoms. The summed E-state index contributed by atoms with van der Waals surface area (Å²) in [6.45, 7) is 0.294. The number of hydrogen-bond acceptors (Lipinski definition) is 6. The number of nitrogens with zero attached hydrogens (tertiary/aromatic N) is 3. The number of esters is 1. The summed E-state index contributed by atoms with van der Waals surface area (Å²) < 4.78 is 11.5. The lowest BCUT2D eigenvalue weighted by Crippen LogP contribution is -2.13. The van der Waals surface area contributed by atoms with Gasteiger partial charge in [-0.1, -0.05) is 17.7 Å². The van der Waals surface area contributed by atoms with Crippen molar-refractivity contribution in [3.63, 3.8) is 0 Å². The van der Waals surface area contributed by atoms with Crippen LogP contribution in [-0.2, 0) is 11.3 Å². The van der Waals surface area contributed by atoms with E-state index < -0.39 is 11.9 Å². The summed E-state index contributed by atoms with van der Waals surface area (Å²) in [4.78, 5) is 27.4. The average molecular weight is 361 g/mol. The number of aromatic nitrogens is 3. The zero-order chi connectivity index (χ0) is 17.8. The van der Waals surface area contributed by atoms with Gasteiger partial charge in [-0.05, 0) is 24.3 Å². The molecule has 1 amide bonds. The Morgan fingerprint density at radius 3 is 2.92 bits per heavy atom. The smallest absolute Gasteiger partial charge is 0.373 e. The van der Waals surface area contributed by atoms with Gasteiger partial charge in [0.1, 0.15) is 16.6 Å². The van der Waals surface area contributed by atoms with Gasteiger partial charge in [-0.2, -0.15) is 5.10 Å². The minimum absolute atomic E-state index is 0.116. The Morgan fingerprint density at radius 1 is 1.32 bits per heavy atom. The van der Waals surface area contributed by atoms with Gasteiger partial charge in [0.2, 0.25) is 5.76 Å². The Bertz CT molecular complexity index is 918. The number of halogens is 1. The fourth-order valence-corrected chi connectivity index (χ4v) is 2.24. The van der Waals surface area contributed by atoms with Gasteiger partial charge in [-0.15, -0.1) is 0 Å². The van der Waals surface area contributed by atoms with Crippen molar-refractivity contribution < 1.29 is 18.7 Å². The number of ether oxygens (including phenoxy) is 1. The van der Waals surface area contributed by atoms with Crippen molar-refractivity contribution in [1.29, 1.82) is 0 Å². The highest BCUT2D eigenvalue weighted by Crippen LogP contribution is 2.13. The molecule has 3 heterocycles. The largest absolute Gasteiger partial charge is 0.463 e. The van der Waals surface area contributed by atoms with Crippen LogP contribution < -0.4 is 5.32 Å². The topological polar surface area (TPSA) is 99.2 Å². The van der Waals surface area contributed by atoms with E-state index in [2.05, 4.69) is 20.1 Å². The number of hydrogen-bond donors (Lipinski definition) is 1. The standard InChI is InChI=1S/C16H13ClN4O4/c1-24-16(23)13-6-5-11(25-13)9-21-8-10(7-18-21)19-15(22)12-3-2-4-14(17)20-12/h2-8H,9H2,1H3,(H,19,22). The van der Waals surface area contributed by atoms with Gasteiger partial charge in [0, 0.05) is 6.20 Å². The third-order valence-corrected chi connectivity index (χ3v) is 3.42. The molecule has 0 saturated carbocycles. The van der Waals surface area contributed by atoms with Crippen molar-refractivity contribution in [3.8, 4) is 0 Å². The number of rotatable bonds is 5. The molecule has 0 fully saturated rings. The van der Waals surface area contributed by atoms with Crippen LogP contribution in [0.3, 0.4) is 0 Å². The number of furan rings is 1. The highest BCUT2D eigenvalue weighted by atomic mass is 35.5. The summed E-state index contributed by atoms with van der Waals surface area (Å²) in [6.07, 6.45) is 3.12. The number of pyridine rings is 1. The SMILES string of the molecule is COC(=O)c1ccc(Cn2cc(NC(=O)c3cccc(Cl)n3)cn2)o1. The molecular formula is C16H13ClN4O4. The van der Waals surface area contributed by atoms with Gasteiger partial charge < -0.3 is 14.5 Å². The minimum atomic E-state index is -0.548. The fourth-order valence-electron chi connectivity index (χ4n) is 2.08. The Morgan fingerprint density at radius 2 is 2.16 bits per heavy atom. The Hall–Kier alpha value is -3.13. The Kier molecular flexibility index (Phi) is 4.80. The molecule has 25 heavy (non-hydrogen) atoms. The molecule has 0 aliphatic heterocycles. The van der Waals surface area contributed by atoms with Crippen LogP contribution >= 0.6 is 11.6 Å². The molecule has 0 atom stereocenters. The molecule has 0 aliphatic carbocycles. The van der Waals surface area contributed by atoms with E-state index in [1.165, 1.54) is 19.4 Å². The van der Waals surface area contributed by atoms with Crippen LogP contribution in [0.1, 0.15) is 26.8 Å². The van der Waals surface area contributed by atoms with Gasteiger partial charge >= 0.3 is 5.97 Å². The van der Waals surface area contributed by atoms with Crippen LogP contribution in [0.5, 0.6) is 0 Å². The number of nitrogens with one attached hydrogen (secondary N) is 1. The molecular weight excluding hydrogens is 348 g/mol. The molecule has 1 N–H and O–H groups in total. The van der Waals surface area contributed by atoms with Crippen molar-refractivity contribution >= 4 is 29.2 Å². The second kappa shape index (κ2) is 7.18. The van der Waals surface area contributed by atoms with Crippen LogP contribution in [-0.4, -0.2) is 33.8 Å². The maximum atomic E-state index is 12.1. The predicted molar refractivity (Wildman–Crippen MR) is 88.6 cm³/mol. The lowest BCUT2D eigenvalue weighted by molar-refractivity contribution is 0.0562. The van der Waals surface area contributed by atoms with E-state index >= 15 is 0 Å². The zero-order valence-electron chi connectivity index (χ0n) is 13.1. The number of amides is 1. The molecule has 0 bridgehead atoms. The van der Waals surface area contributed by atoms with Crippen molar-refractivity contribution in [1.82, 2.24) is 14.8 Å². The highest BCUT2D eigenvalue weighted by molar-refractivity contribution is 6.29. The quantitative estimate of drug-likeness (QED) is 0.554. The molecule has 0 aliphatic rings. The van der Waals surface area contributed by atoms with E-state index in [9.17, 15) is 9.59 Å². The predicted octanol–water partition coefficient (Wildman–Crippen LogP) is 2.61. The molecule has 3 aromatic heterocycles. The fraction of sp³-hybridized carbons (Fsp3) is 0.125. The van der Waals surface area contributed by atoms with E-state index in [-0.39, 0.29) is 16.6 Å². The van der Waals surface area contributed by atoms with Crippen LogP contribution in [0.4, 0.5) is 5.69 Å². The first-order valence-corrected chi connectivity index (χ1v) is 7.56. The molecule has 0 saturated heterocycles. The summed E-state index contributed by atoms with van der Waals surface area (Å²) >= 11 is 5.77. The molecule has 0 aromatic carbocycles. The maximum Gasteiger partial charge on any atom is 0.373 e. The van der Waals surface area contributed by atoms with Gasteiger partial charge in [-0.25, -0.2) is 9.78 Å². The van der Waals surface area contributed by atoms with Crippen LogP contribution in [0.15, 0.2) is 47.1 Å². The zero-order valence-corrected chi connectivity index (χ0v) is 13.9. The molecule has 8 nitrogen and oxygen atoms in total. The first-order chi connectivity index (χ1) is 12.0. The minimum Gasteiger partial charge on any atom is -0.463 e. The summed E-state index contributed by atoms with van der Waals surface area (Å²) in [7, 11) is 1.28. The normalized spacial score (nSPS) is 10.5. The third kappa shape index (κ3) is 4.04. The third-order valence-electron chi connectivity index (χ3n) is 3.20. The van der Waals surface area contributed by atoms with Crippen molar-refractivity contribution in [3.05, 3.63) is 65.1 Å². The summed E-state index contributed by atoms with van der Waals surface area (Å²) in [5.41, 5.74) is 0.695. The van der Waals surface area contributed by atoms with E-state index in [0.717, 1.165) is 0 Å². The second-order valence-corrected chi connectivity index (χ2v) is 5.37. The molecule has 3 aromatic rings. The highest BCUT2D eigenvalue weighted by Gasteiger charge is 2.13. The Labute approximate surface area is 147 Å². The van der Waals surface area contributed by atoms with Gasteiger partial charge in [0.15, 0.2) is 0 Å². The Balaban J connectivity index is 1.65. The first-order valence-electron chi connectivity index (χ1n) is 7.18. The number of carbonyl (C=O) groups is 2. The first kappa shape index (κ1) is 16.7. The van der Waals surface area contributed by atoms with Crippen LogP contribution in [0.2, 0.25) is 5.15 Å². The molecule has 0 radical (unpaired) electrons. The van der Waals surface area contributed by atoms with Crippen LogP contribution in [0.25, 0.3) is 0 Å². The van der Waals surface area contributed by atoms with E-state index in [1.54, 1.807) is 35.1 Å². The molecule has 9 heteroatoms. The van der Waals surface area contributed by atoms with E-state index in [1.807, 2.05) is 0 Å².